The Kier molecular flexibility index (Phi) is 4.72. The van der Waals surface area contributed by atoms with Crippen LogP contribution in [0.1, 0.15) is 23.0 Å². The van der Waals surface area contributed by atoms with E-state index in [-0.39, 0.29) is 18.0 Å². The number of amides is 1. The number of rotatable bonds is 5. The molecule has 0 aliphatic rings. The molecule has 0 unspecified atom stereocenters. The minimum absolute atomic E-state index is 0.192. The largest absolute Gasteiger partial charge is 0.346 e. The monoisotopic (exact) mass is 373 g/mol. The molecule has 7 nitrogen and oxygen atoms in total. The van der Waals surface area contributed by atoms with Gasteiger partial charge in [-0.25, -0.2) is 4.98 Å². The maximum atomic E-state index is 12.5. The molecule has 7 heteroatoms. The predicted octanol–water partition coefficient (Wildman–Crippen LogP) is 2.74. The highest BCUT2D eigenvalue weighted by Crippen LogP contribution is 2.29. The highest BCUT2D eigenvalue weighted by molar-refractivity contribution is 6.02. The van der Waals surface area contributed by atoms with Gasteiger partial charge >= 0.3 is 0 Å². The Morgan fingerprint density at radius 1 is 1.21 bits per heavy atom. The van der Waals surface area contributed by atoms with Gasteiger partial charge in [0.25, 0.3) is 11.5 Å². The summed E-state index contributed by atoms with van der Waals surface area (Å²) in [5, 5.41) is 9.18. The quantitative estimate of drug-likeness (QED) is 0.563. The van der Waals surface area contributed by atoms with Crippen molar-refractivity contribution in [1.82, 2.24) is 25.1 Å². The van der Waals surface area contributed by atoms with E-state index in [1.54, 1.807) is 6.07 Å². The first-order chi connectivity index (χ1) is 13.6. The van der Waals surface area contributed by atoms with E-state index in [4.69, 9.17) is 0 Å². The van der Waals surface area contributed by atoms with E-state index in [1.165, 1.54) is 12.4 Å². The number of aromatic amines is 1. The molecule has 4 aromatic rings. The number of carbonyl (C=O) groups is 1. The van der Waals surface area contributed by atoms with Crippen LogP contribution in [0.2, 0.25) is 0 Å². The molecule has 0 aliphatic carbocycles. The second-order valence-electron chi connectivity index (χ2n) is 6.41. The van der Waals surface area contributed by atoms with Crippen LogP contribution in [-0.2, 0) is 13.1 Å². The van der Waals surface area contributed by atoms with Crippen LogP contribution in [0.25, 0.3) is 21.9 Å². The fraction of sp³-hybridized carbons (Fsp3) is 0.143. The van der Waals surface area contributed by atoms with Crippen molar-refractivity contribution in [2.24, 2.45) is 0 Å². The zero-order valence-electron chi connectivity index (χ0n) is 15.3. The fourth-order valence-electron chi connectivity index (χ4n) is 3.13. The Hall–Kier alpha value is -3.74. The van der Waals surface area contributed by atoms with E-state index < -0.39 is 0 Å². The molecular formula is C21H19N5O2. The average Bonchev–Trinajstić information content (AvgIpc) is 3.20. The van der Waals surface area contributed by atoms with E-state index in [9.17, 15) is 9.59 Å². The number of aromatic nitrogens is 4. The molecule has 2 N–H and O–H groups in total. The second kappa shape index (κ2) is 7.48. The molecule has 2 aromatic carbocycles. The van der Waals surface area contributed by atoms with Crippen LogP contribution in [0.4, 0.5) is 0 Å². The summed E-state index contributed by atoms with van der Waals surface area (Å²) in [4.78, 5) is 30.3. The first kappa shape index (κ1) is 17.7. The topological polar surface area (TPSA) is 92.7 Å². The van der Waals surface area contributed by atoms with Gasteiger partial charge in [-0.3, -0.25) is 14.3 Å². The minimum atomic E-state index is -0.246. The second-order valence-corrected chi connectivity index (χ2v) is 6.41. The molecule has 2 aromatic heterocycles. The summed E-state index contributed by atoms with van der Waals surface area (Å²) in [6.45, 7) is 3.06. The summed E-state index contributed by atoms with van der Waals surface area (Å²) in [5.74, 6) is -0.215. The molecule has 0 bridgehead atoms. The summed E-state index contributed by atoms with van der Waals surface area (Å²) in [7, 11) is 0. The molecular weight excluding hydrogens is 354 g/mol. The molecule has 28 heavy (non-hydrogen) atoms. The average molecular weight is 373 g/mol. The zero-order valence-corrected chi connectivity index (χ0v) is 15.3. The van der Waals surface area contributed by atoms with Gasteiger partial charge in [0.05, 0.1) is 24.8 Å². The van der Waals surface area contributed by atoms with E-state index in [0.717, 1.165) is 28.4 Å². The Balaban J connectivity index is 1.59. The number of benzene rings is 2. The lowest BCUT2D eigenvalue weighted by Gasteiger charge is -2.08. The third-order valence-corrected chi connectivity index (χ3v) is 4.58. The van der Waals surface area contributed by atoms with Gasteiger partial charge < -0.3 is 10.3 Å². The number of nitrogens with zero attached hydrogens (tertiary/aromatic N) is 3. The fourth-order valence-corrected chi connectivity index (χ4v) is 3.13. The maximum absolute atomic E-state index is 12.5. The molecule has 4 rings (SSSR count). The van der Waals surface area contributed by atoms with Gasteiger partial charge in [-0.1, -0.05) is 24.3 Å². The Bertz CT molecular complexity index is 1210. The Labute approximate surface area is 161 Å². The molecule has 0 fully saturated rings. The van der Waals surface area contributed by atoms with Crippen LogP contribution in [-0.4, -0.2) is 25.7 Å². The van der Waals surface area contributed by atoms with Crippen LogP contribution in [0.3, 0.4) is 0 Å². The highest BCUT2D eigenvalue weighted by Gasteiger charge is 2.10. The van der Waals surface area contributed by atoms with Crippen molar-refractivity contribution in [2.45, 2.75) is 20.0 Å². The normalized spacial score (nSPS) is 10.9. The van der Waals surface area contributed by atoms with Gasteiger partial charge in [0.1, 0.15) is 0 Å². The lowest BCUT2D eigenvalue weighted by molar-refractivity contribution is 0.0950. The third kappa shape index (κ3) is 3.55. The van der Waals surface area contributed by atoms with E-state index in [1.807, 2.05) is 48.3 Å². The number of fused-ring (bicyclic) bond motifs is 1. The molecule has 0 radical (unpaired) electrons. The smallest absolute Gasteiger partial charge is 0.251 e. The van der Waals surface area contributed by atoms with Crippen LogP contribution >= 0.6 is 0 Å². The SMILES string of the molecule is CCn1cc(-c2cccc3cc(C(=O)NCc4cc(=O)[nH]cn4)ccc23)cn1. The number of hydrogen-bond donors (Lipinski definition) is 2. The van der Waals surface area contributed by atoms with Crippen LogP contribution < -0.4 is 10.9 Å². The number of hydrogen-bond acceptors (Lipinski definition) is 4. The Morgan fingerprint density at radius 2 is 2.11 bits per heavy atom. The van der Waals surface area contributed by atoms with E-state index >= 15 is 0 Å². The number of nitrogens with one attached hydrogen (secondary N) is 2. The molecule has 1 amide bonds. The van der Waals surface area contributed by atoms with Crippen molar-refractivity contribution >= 4 is 16.7 Å². The predicted molar refractivity (Wildman–Crippen MR) is 107 cm³/mol. The molecule has 0 atom stereocenters. The lowest BCUT2D eigenvalue weighted by atomic mass is 9.98. The molecule has 2 heterocycles. The highest BCUT2D eigenvalue weighted by atomic mass is 16.1. The van der Waals surface area contributed by atoms with Crippen LogP contribution in [0.5, 0.6) is 0 Å². The summed E-state index contributed by atoms with van der Waals surface area (Å²) < 4.78 is 1.89. The van der Waals surface area contributed by atoms with Gasteiger partial charge in [0, 0.05) is 29.9 Å². The number of aryl methyl sites for hydroxylation is 1. The molecule has 140 valence electrons. The standard InChI is InChI=1S/C21H19N5O2/c1-2-26-12-16(10-25-26)18-5-3-4-14-8-15(6-7-19(14)18)21(28)22-11-17-9-20(27)24-13-23-17/h3-10,12-13H,2,11H2,1H3,(H,22,28)(H,23,24,27). The number of carbonyl (C=O) groups excluding carboxylic acids is 1. The van der Waals surface area contributed by atoms with Crippen molar-refractivity contribution in [3.8, 4) is 11.1 Å². The van der Waals surface area contributed by atoms with Gasteiger partial charge in [-0.15, -0.1) is 0 Å². The molecule has 0 saturated heterocycles. The maximum Gasteiger partial charge on any atom is 0.251 e. The van der Waals surface area contributed by atoms with Gasteiger partial charge in [-0.2, -0.15) is 5.10 Å². The van der Waals surface area contributed by atoms with Gasteiger partial charge in [-0.05, 0) is 35.4 Å². The molecule has 0 saturated carbocycles. The van der Waals surface area contributed by atoms with Crippen molar-refractivity contribution < 1.29 is 4.79 Å². The summed E-state index contributed by atoms with van der Waals surface area (Å²) in [6, 6.07) is 13.0. The van der Waals surface area contributed by atoms with Crippen molar-refractivity contribution in [3.05, 3.63) is 82.8 Å². The van der Waals surface area contributed by atoms with E-state index in [2.05, 4.69) is 26.4 Å². The molecule has 0 spiro atoms. The van der Waals surface area contributed by atoms with Gasteiger partial charge in [0.15, 0.2) is 0 Å². The zero-order chi connectivity index (χ0) is 19.5. The minimum Gasteiger partial charge on any atom is -0.346 e. The number of H-pyrrole nitrogens is 1. The third-order valence-electron chi connectivity index (χ3n) is 4.58. The summed E-state index contributed by atoms with van der Waals surface area (Å²) in [5.41, 5.74) is 2.94. The lowest BCUT2D eigenvalue weighted by Crippen LogP contribution is -2.24. The summed E-state index contributed by atoms with van der Waals surface area (Å²) >= 11 is 0. The van der Waals surface area contributed by atoms with Crippen LogP contribution in [0, 0.1) is 0 Å². The Morgan fingerprint density at radius 3 is 2.89 bits per heavy atom. The summed E-state index contributed by atoms with van der Waals surface area (Å²) in [6.07, 6.45) is 5.19. The van der Waals surface area contributed by atoms with Crippen LogP contribution in [0.15, 0.2) is 66.0 Å². The van der Waals surface area contributed by atoms with Crippen molar-refractivity contribution in [3.63, 3.8) is 0 Å². The van der Waals surface area contributed by atoms with Gasteiger partial charge in [0.2, 0.25) is 0 Å². The first-order valence-corrected chi connectivity index (χ1v) is 9.01. The molecule has 0 aliphatic heterocycles. The van der Waals surface area contributed by atoms with E-state index in [0.29, 0.717) is 11.3 Å². The first-order valence-electron chi connectivity index (χ1n) is 9.01. The van der Waals surface area contributed by atoms with Crippen molar-refractivity contribution in [1.29, 1.82) is 0 Å². The van der Waals surface area contributed by atoms with Crippen molar-refractivity contribution in [2.75, 3.05) is 0 Å².